The maximum atomic E-state index is 5.42. The van der Waals surface area contributed by atoms with Gasteiger partial charge in [0.05, 0.1) is 13.2 Å². The Hall–Kier alpha value is -0.760. The Kier molecular flexibility index (Phi) is 3.35. The number of likely N-dealkylation sites (N-methyl/N-ethyl adjacent to an activating group) is 1. The van der Waals surface area contributed by atoms with Gasteiger partial charge in [-0.2, -0.15) is 0 Å². The molecule has 68 valence electrons. The monoisotopic (exact) mass is 167 g/mol. The van der Waals surface area contributed by atoms with Gasteiger partial charge in [0.1, 0.15) is 0 Å². The van der Waals surface area contributed by atoms with Gasteiger partial charge >= 0.3 is 0 Å². The summed E-state index contributed by atoms with van der Waals surface area (Å²) in [7, 11) is 2.11. The quantitative estimate of drug-likeness (QED) is 0.590. The average molecular weight is 167 g/mol. The highest BCUT2D eigenvalue weighted by molar-refractivity contribution is 5.13. The van der Waals surface area contributed by atoms with Crippen molar-refractivity contribution in [2.75, 3.05) is 20.3 Å². The van der Waals surface area contributed by atoms with E-state index >= 15 is 0 Å². The van der Waals surface area contributed by atoms with Crippen molar-refractivity contribution in [2.24, 2.45) is 0 Å². The van der Waals surface area contributed by atoms with Crippen LogP contribution < -0.4 is 0 Å². The summed E-state index contributed by atoms with van der Waals surface area (Å²) in [5.74, 6) is 0. The van der Waals surface area contributed by atoms with Crippen molar-refractivity contribution in [1.29, 1.82) is 0 Å². The van der Waals surface area contributed by atoms with Crippen molar-refractivity contribution in [3.8, 4) is 0 Å². The van der Waals surface area contributed by atoms with Crippen LogP contribution in [0.4, 0.5) is 0 Å². The number of morpholine rings is 1. The van der Waals surface area contributed by atoms with Crippen LogP contribution in [0.2, 0.25) is 0 Å². The van der Waals surface area contributed by atoms with Gasteiger partial charge < -0.3 is 9.64 Å². The molecular formula is C10H17NO. The van der Waals surface area contributed by atoms with Crippen LogP contribution in [0, 0.1) is 0 Å². The summed E-state index contributed by atoms with van der Waals surface area (Å²) in [6, 6.07) is 0.496. The van der Waals surface area contributed by atoms with E-state index in [1.807, 2.05) is 19.1 Å². The van der Waals surface area contributed by atoms with Crippen LogP contribution in [0.3, 0.4) is 0 Å². The maximum Gasteiger partial charge on any atom is 0.0865 e. The maximum absolute atomic E-state index is 5.42. The van der Waals surface area contributed by atoms with Crippen molar-refractivity contribution in [3.63, 3.8) is 0 Å². The highest BCUT2D eigenvalue weighted by atomic mass is 16.5. The number of nitrogens with zero attached hydrogens (tertiary/aromatic N) is 1. The molecule has 12 heavy (non-hydrogen) atoms. The summed E-state index contributed by atoms with van der Waals surface area (Å²) in [5, 5.41) is 0. The second-order valence-electron chi connectivity index (χ2n) is 3.16. The Labute approximate surface area is 74.5 Å². The molecule has 0 radical (unpaired) electrons. The first kappa shape index (κ1) is 9.33. The molecule has 0 aromatic carbocycles. The summed E-state index contributed by atoms with van der Waals surface area (Å²) < 4.78 is 5.42. The molecule has 0 spiro atoms. The zero-order valence-corrected chi connectivity index (χ0v) is 8.08. The van der Waals surface area contributed by atoms with Gasteiger partial charge in [0.15, 0.2) is 0 Å². The molecule has 2 nitrogen and oxygen atoms in total. The van der Waals surface area contributed by atoms with Crippen LogP contribution in [0.15, 0.2) is 23.9 Å². The van der Waals surface area contributed by atoms with E-state index in [1.54, 1.807) is 0 Å². The number of allylic oxidation sites excluding steroid dienone is 3. The lowest BCUT2D eigenvalue weighted by molar-refractivity contribution is 0.0469. The molecule has 0 aromatic rings. The van der Waals surface area contributed by atoms with E-state index in [-0.39, 0.29) is 0 Å². The first-order valence-electron chi connectivity index (χ1n) is 4.38. The van der Waals surface area contributed by atoms with E-state index < -0.39 is 0 Å². The van der Waals surface area contributed by atoms with Crippen molar-refractivity contribution >= 4 is 0 Å². The van der Waals surface area contributed by atoms with Crippen LogP contribution in [-0.2, 0) is 4.74 Å². The van der Waals surface area contributed by atoms with Crippen LogP contribution in [0.1, 0.15) is 13.8 Å². The second kappa shape index (κ2) is 4.31. The number of rotatable bonds is 1. The van der Waals surface area contributed by atoms with E-state index in [9.17, 15) is 0 Å². The van der Waals surface area contributed by atoms with E-state index in [0.717, 1.165) is 13.2 Å². The molecule has 0 bridgehead atoms. The molecule has 0 aromatic heterocycles. The lowest BCUT2D eigenvalue weighted by Gasteiger charge is -2.33. The Morgan fingerprint density at radius 3 is 3.00 bits per heavy atom. The molecule has 0 N–H and O–H groups in total. The summed E-state index contributed by atoms with van der Waals surface area (Å²) in [4.78, 5) is 2.27. The molecule has 1 aliphatic heterocycles. The Morgan fingerprint density at radius 1 is 1.58 bits per heavy atom. The van der Waals surface area contributed by atoms with Gasteiger partial charge in [0.25, 0.3) is 0 Å². The lowest BCUT2D eigenvalue weighted by atomic mass is 10.2. The molecule has 0 amide bonds. The van der Waals surface area contributed by atoms with Crippen molar-refractivity contribution in [2.45, 2.75) is 19.9 Å². The van der Waals surface area contributed by atoms with Crippen molar-refractivity contribution in [3.05, 3.63) is 23.9 Å². The summed E-state index contributed by atoms with van der Waals surface area (Å²) in [6.07, 6.45) is 6.18. The fourth-order valence-electron chi connectivity index (χ4n) is 1.20. The Bertz CT molecular complexity index is 196. The Balaban J connectivity index is 2.63. The molecule has 0 saturated carbocycles. The fraction of sp³-hybridized carbons (Fsp3) is 0.600. The summed E-state index contributed by atoms with van der Waals surface area (Å²) in [6.45, 7) is 5.77. The van der Waals surface area contributed by atoms with Crippen molar-refractivity contribution in [1.82, 2.24) is 4.90 Å². The predicted molar refractivity (Wildman–Crippen MR) is 50.9 cm³/mol. The van der Waals surface area contributed by atoms with E-state index in [0.29, 0.717) is 6.04 Å². The third-order valence-electron chi connectivity index (χ3n) is 2.20. The molecule has 1 rings (SSSR count). The molecule has 1 aliphatic rings. The first-order valence-corrected chi connectivity index (χ1v) is 4.38. The molecule has 1 saturated heterocycles. The van der Waals surface area contributed by atoms with Gasteiger partial charge in [0, 0.05) is 18.8 Å². The molecule has 2 heteroatoms. The zero-order chi connectivity index (χ0) is 8.97. The third kappa shape index (κ3) is 2.11. The molecule has 1 fully saturated rings. The number of hydrogen-bond donors (Lipinski definition) is 0. The molecule has 1 heterocycles. The number of ether oxygens (including phenoxy) is 1. The lowest BCUT2D eigenvalue weighted by Crippen LogP contribution is -2.38. The van der Waals surface area contributed by atoms with Crippen LogP contribution >= 0.6 is 0 Å². The predicted octanol–water partition coefficient (Wildman–Crippen LogP) is 1.80. The first-order chi connectivity index (χ1) is 5.75. The molecule has 1 unspecified atom stereocenters. The van der Waals surface area contributed by atoms with Gasteiger partial charge in [-0.1, -0.05) is 12.2 Å². The van der Waals surface area contributed by atoms with Gasteiger partial charge in [-0.05, 0) is 19.9 Å². The summed E-state index contributed by atoms with van der Waals surface area (Å²) in [5.41, 5.74) is 1.26. The third-order valence-corrected chi connectivity index (χ3v) is 2.20. The highest BCUT2D eigenvalue weighted by Gasteiger charge is 2.17. The minimum absolute atomic E-state index is 0.496. The molecule has 1 atom stereocenters. The minimum Gasteiger partial charge on any atom is -0.373 e. The van der Waals surface area contributed by atoms with Crippen LogP contribution in [0.5, 0.6) is 0 Å². The van der Waals surface area contributed by atoms with E-state index in [1.165, 1.54) is 5.70 Å². The minimum atomic E-state index is 0.496. The van der Waals surface area contributed by atoms with Gasteiger partial charge in [-0.3, -0.25) is 0 Å². The van der Waals surface area contributed by atoms with Gasteiger partial charge in [-0.15, -0.1) is 0 Å². The average Bonchev–Trinajstić information content (AvgIpc) is 2.08. The highest BCUT2D eigenvalue weighted by Crippen LogP contribution is 2.13. The van der Waals surface area contributed by atoms with Crippen molar-refractivity contribution < 1.29 is 4.74 Å². The normalized spacial score (nSPS) is 28.8. The Morgan fingerprint density at radius 2 is 2.33 bits per heavy atom. The zero-order valence-electron chi connectivity index (χ0n) is 8.08. The topological polar surface area (TPSA) is 12.5 Å². The molecular weight excluding hydrogens is 150 g/mol. The smallest absolute Gasteiger partial charge is 0.0865 e. The SMILES string of the molecule is C/C=C\C=C1\COCC(C)N1C. The largest absolute Gasteiger partial charge is 0.373 e. The standard InChI is InChI=1S/C10H17NO/c1-4-5-6-10-8-12-7-9(2)11(10)3/h4-6,9H,7-8H2,1-3H3/b5-4-,10-6-. The summed E-state index contributed by atoms with van der Waals surface area (Å²) >= 11 is 0. The van der Waals surface area contributed by atoms with Crippen LogP contribution in [0.25, 0.3) is 0 Å². The molecule has 0 aliphatic carbocycles. The number of hydrogen-bond acceptors (Lipinski definition) is 2. The van der Waals surface area contributed by atoms with Gasteiger partial charge in [-0.25, -0.2) is 0 Å². The van der Waals surface area contributed by atoms with Crippen LogP contribution in [-0.4, -0.2) is 31.2 Å². The van der Waals surface area contributed by atoms with Gasteiger partial charge in [0.2, 0.25) is 0 Å². The van der Waals surface area contributed by atoms with E-state index in [4.69, 9.17) is 4.74 Å². The fourth-order valence-corrected chi connectivity index (χ4v) is 1.20. The van der Waals surface area contributed by atoms with E-state index in [2.05, 4.69) is 24.9 Å². The second-order valence-corrected chi connectivity index (χ2v) is 3.16.